The summed E-state index contributed by atoms with van der Waals surface area (Å²) < 4.78 is 1.23. The Morgan fingerprint density at radius 1 is 1.10 bits per heavy atom. The van der Waals surface area contributed by atoms with Gasteiger partial charge in [-0.3, -0.25) is 4.98 Å². The fraction of sp³-hybridized carbons (Fsp3) is 0.167. The van der Waals surface area contributed by atoms with Crippen LogP contribution >= 0.6 is 15.9 Å². The Bertz CT molecular complexity index is 808. The average Bonchev–Trinajstić information content (AvgIpc) is 2.92. The molecule has 1 unspecified atom stereocenters. The molecule has 0 fully saturated rings. The van der Waals surface area contributed by atoms with Crippen molar-refractivity contribution in [1.82, 2.24) is 4.98 Å². The summed E-state index contributed by atoms with van der Waals surface area (Å²) in [5, 5.41) is 6.11. The maximum atomic E-state index is 4.26. The maximum absolute atomic E-state index is 4.26. The number of anilines is 1. The van der Waals surface area contributed by atoms with E-state index in [0.717, 1.165) is 12.8 Å². The van der Waals surface area contributed by atoms with Crippen molar-refractivity contribution in [3.63, 3.8) is 0 Å². The molecule has 0 saturated carbocycles. The molecular weight excluding hydrogens is 324 g/mol. The van der Waals surface area contributed by atoms with Crippen LogP contribution in [0, 0.1) is 0 Å². The Hall–Kier alpha value is -1.87. The second-order valence-corrected chi connectivity index (χ2v) is 6.30. The second-order valence-electron chi connectivity index (χ2n) is 5.45. The molecule has 1 N–H and O–H groups in total. The Morgan fingerprint density at radius 2 is 2.00 bits per heavy atom. The summed E-state index contributed by atoms with van der Waals surface area (Å²) >= 11 is 3.66. The van der Waals surface area contributed by atoms with Crippen molar-refractivity contribution >= 4 is 32.4 Å². The van der Waals surface area contributed by atoms with Crippen molar-refractivity contribution in [3.05, 3.63) is 70.5 Å². The lowest BCUT2D eigenvalue weighted by Crippen LogP contribution is -2.07. The molecule has 0 spiro atoms. The highest BCUT2D eigenvalue weighted by molar-refractivity contribution is 9.10. The van der Waals surface area contributed by atoms with Crippen LogP contribution in [0.5, 0.6) is 0 Å². The van der Waals surface area contributed by atoms with Gasteiger partial charge >= 0.3 is 0 Å². The predicted molar refractivity (Wildman–Crippen MR) is 90.6 cm³/mol. The lowest BCUT2D eigenvalue weighted by Gasteiger charge is -2.17. The standard InChI is InChI=1S/C18H15BrN2/c19-16-5-2-4-14-13(16)7-8-18(14)21-17-6-1-3-12-9-10-20-11-15(12)17/h1-6,9-11,18,21H,7-8H2. The zero-order valence-corrected chi connectivity index (χ0v) is 13.1. The van der Waals surface area contributed by atoms with Gasteiger partial charge in [0.25, 0.3) is 0 Å². The minimum atomic E-state index is 0.378. The number of rotatable bonds is 2. The molecule has 2 aromatic carbocycles. The number of nitrogens with zero attached hydrogens (tertiary/aromatic N) is 1. The van der Waals surface area contributed by atoms with Crippen LogP contribution in [-0.4, -0.2) is 4.98 Å². The molecule has 0 bridgehead atoms. The van der Waals surface area contributed by atoms with Crippen molar-refractivity contribution in [1.29, 1.82) is 0 Å². The molecule has 1 heterocycles. The molecule has 104 valence electrons. The van der Waals surface area contributed by atoms with E-state index in [1.807, 2.05) is 12.4 Å². The van der Waals surface area contributed by atoms with Gasteiger partial charge in [-0.2, -0.15) is 0 Å². The van der Waals surface area contributed by atoms with Gasteiger partial charge in [0, 0.05) is 27.9 Å². The van der Waals surface area contributed by atoms with E-state index in [2.05, 4.69) is 68.7 Å². The molecule has 1 aromatic heterocycles. The third kappa shape index (κ3) is 2.22. The molecular formula is C18H15BrN2. The number of benzene rings is 2. The zero-order chi connectivity index (χ0) is 14.2. The van der Waals surface area contributed by atoms with Crippen LogP contribution in [0.15, 0.2) is 59.3 Å². The quantitative estimate of drug-likeness (QED) is 0.703. The Labute approximate surface area is 132 Å². The predicted octanol–water partition coefficient (Wildman–Crippen LogP) is 5.10. The van der Waals surface area contributed by atoms with Gasteiger partial charge in [0.2, 0.25) is 0 Å². The minimum absolute atomic E-state index is 0.378. The molecule has 4 rings (SSSR count). The van der Waals surface area contributed by atoms with Crippen molar-refractivity contribution in [2.75, 3.05) is 5.32 Å². The van der Waals surface area contributed by atoms with Crippen LogP contribution in [-0.2, 0) is 6.42 Å². The van der Waals surface area contributed by atoms with E-state index in [9.17, 15) is 0 Å². The number of nitrogens with one attached hydrogen (secondary N) is 1. The van der Waals surface area contributed by atoms with Crippen molar-refractivity contribution in [3.8, 4) is 0 Å². The van der Waals surface area contributed by atoms with Gasteiger partial charge in [-0.05, 0) is 47.6 Å². The zero-order valence-electron chi connectivity index (χ0n) is 11.5. The van der Waals surface area contributed by atoms with Gasteiger partial charge < -0.3 is 5.32 Å². The Balaban J connectivity index is 1.73. The summed E-state index contributed by atoms with van der Waals surface area (Å²) in [7, 11) is 0. The van der Waals surface area contributed by atoms with Crippen LogP contribution in [0.1, 0.15) is 23.6 Å². The number of hydrogen-bond acceptors (Lipinski definition) is 2. The summed E-state index contributed by atoms with van der Waals surface area (Å²) in [6.07, 6.45) is 6.04. The van der Waals surface area contributed by atoms with E-state index in [1.165, 1.54) is 32.1 Å². The van der Waals surface area contributed by atoms with Crippen LogP contribution in [0.3, 0.4) is 0 Å². The molecule has 0 saturated heterocycles. The smallest absolute Gasteiger partial charge is 0.0520 e. The van der Waals surface area contributed by atoms with Gasteiger partial charge in [-0.1, -0.05) is 40.2 Å². The van der Waals surface area contributed by atoms with Crippen LogP contribution in [0.25, 0.3) is 10.8 Å². The fourth-order valence-electron chi connectivity index (χ4n) is 3.19. The number of aromatic nitrogens is 1. The third-order valence-electron chi connectivity index (χ3n) is 4.23. The summed E-state index contributed by atoms with van der Waals surface area (Å²) in [5.74, 6) is 0. The van der Waals surface area contributed by atoms with Gasteiger partial charge in [0.05, 0.1) is 6.04 Å². The third-order valence-corrected chi connectivity index (χ3v) is 4.97. The molecule has 1 aliphatic rings. The lowest BCUT2D eigenvalue weighted by atomic mass is 10.1. The highest BCUT2D eigenvalue weighted by atomic mass is 79.9. The molecule has 21 heavy (non-hydrogen) atoms. The van der Waals surface area contributed by atoms with E-state index < -0.39 is 0 Å². The summed E-state index contributed by atoms with van der Waals surface area (Å²) in [5.41, 5.74) is 4.01. The highest BCUT2D eigenvalue weighted by Crippen LogP contribution is 2.38. The summed E-state index contributed by atoms with van der Waals surface area (Å²) in [6.45, 7) is 0. The molecule has 2 nitrogen and oxygen atoms in total. The molecule has 0 radical (unpaired) electrons. The van der Waals surface area contributed by atoms with Gasteiger partial charge in [-0.25, -0.2) is 0 Å². The number of pyridine rings is 1. The fourth-order valence-corrected chi connectivity index (χ4v) is 3.77. The molecule has 3 heteroatoms. The van der Waals surface area contributed by atoms with Gasteiger partial charge in [-0.15, -0.1) is 0 Å². The first-order valence-corrected chi connectivity index (χ1v) is 7.99. The maximum Gasteiger partial charge on any atom is 0.0520 e. The largest absolute Gasteiger partial charge is 0.378 e. The van der Waals surface area contributed by atoms with Gasteiger partial charge in [0.15, 0.2) is 0 Å². The molecule has 0 aliphatic heterocycles. The summed E-state index contributed by atoms with van der Waals surface area (Å²) in [4.78, 5) is 4.26. The van der Waals surface area contributed by atoms with Crippen molar-refractivity contribution < 1.29 is 0 Å². The molecule has 3 aromatic rings. The number of hydrogen-bond donors (Lipinski definition) is 1. The van der Waals surface area contributed by atoms with Gasteiger partial charge in [0.1, 0.15) is 0 Å². The van der Waals surface area contributed by atoms with Crippen molar-refractivity contribution in [2.45, 2.75) is 18.9 Å². The second kappa shape index (κ2) is 5.15. The normalized spacial score (nSPS) is 16.9. The Morgan fingerprint density at radius 3 is 2.95 bits per heavy atom. The first-order chi connectivity index (χ1) is 10.3. The van der Waals surface area contributed by atoms with E-state index in [0.29, 0.717) is 6.04 Å². The number of fused-ring (bicyclic) bond motifs is 2. The van der Waals surface area contributed by atoms with Crippen molar-refractivity contribution in [2.24, 2.45) is 0 Å². The lowest BCUT2D eigenvalue weighted by molar-refractivity contribution is 0.763. The van der Waals surface area contributed by atoms with E-state index >= 15 is 0 Å². The highest BCUT2D eigenvalue weighted by Gasteiger charge is 2.24. The van der Waals surface area contributed by atoms with Crippen LogP contribution in [0.4, 0.5) is 5.69 Å². The van der Waals surface area contributed by atoms with E-state index in [1.54, 1.807) is 0 Å². The molecule has 0 amide bonds. The Kier molecular flexibility index (Phi) is 3.15. The van der Waals surface area contributed by atoms with Crippen LogP contribution < -0.4 is 5.32 Å². The topological polar surface area (TPSA) is 24.9 Å². The molecule has 1 aliphatic carbocycles. The first-order valence-electron chi connectivity index (χ1n) is 7.19. The average molecular weight is 339 g/mol. The van der Waals surface area contributed by atoms with Crippen LogP contribution in [0.2, 0.25) is 0 Å². The van der Waals surface area contributed by atoms with E-state index in [4.69, 9.17) is 0 Å². The van der Waals surface area contributed by atoms with E-state index in [-0.39, 0.29) is 0 Å². The first kappa shape index (κ1) is 12.8. The SMILES string of the molecule is Brc1cccc2c1CCC2Nc1cccc2ccncc12. The minimum Gasteiger partial charge on any atom is -0.378 e. The summed E-state index contributed by atoms with van der Waals surface area (Å²) in [6, 6.07) is 15.3. The monoisotopic (exact) mass is 338 g/mol. The number of halogens is 1. The molecule has 1 atom stereocenters.